The zero-order valence-corrected chi connectivity index (χ0v) is 12.9. The van der Waals surface area contributed by atoms with Crippen molar-refractivity contribution in [3.05, 3.63) is 22.8 Å². The molecule has 0 amide bonds. The van der Waals surface area contributed by atoms with Crippen molar-refractivity contribution in [2.75, 3.05) is 11.9 Å². The molecule has 19 heavy (non-hydrogen) atoms. The van der Waals surface area contributed by atoms with Crippen molar-refractivity contribution in [3.8, 4) is 0 Å². The Kier molecular flexibility index (Phi) is 5.06. The first kappa shape index (κ1) is 14.6. The third-order valence-corrected chi connectivity index (χ3v) is 4.15. The van der Waals surface area contributed by atoms with Crippen LogP contribution in [0, 0.1) is 0 Å². The summed E-state index contributed by atoms with van der Waals surface area (Å²) >= 11 is 6.22. The summed E-state index contributed by atoms with van der Waals surface area (Å²) in [6, 6.07) is 3.32. The fraction of sp³-hybridized carbons (Fsp3) is 0.667. The SMILES string of the molecule is CCCC(C)N(C)c1cc(CNC2CC2)c(Cl)cn1. The molecule has 0 spiro atoms. The second-order valence-corrected chi connectivity index (χ2v) is 5.94. The second-order valence-electron chi connectivity index (χ2n) is 5.54. The standard InChI is InChI=1S/C15H24ClN3/c1-4-5-11(2)19(3)15-8-12(14(16)10-18-15)9-17-13-6-7-13/h8,10-11,13,17H,4-7,9H2,1-3H3. The van der Waals surface area contributed by atoms with E-state index in [1.54, 1.807) is 6.20 Å². The Balaban J connectivity index is 2.05. The van der Waals surface area contributed by atoms with Gasteiger partial charge in [-0.05, 0) is 37.8 Å². The predicted molar refractivity (Wildman–Crippen MR) is 81.9 cm³/mol. The van der Waals surface area contributed by atoms with Gasteiger partial charge in [0.25, 0.3) is 0 Å². The number of nitrogens with zero attached hydrogens (tertiary/aromatic N) is 2. The third kappa shape index (κ3) is 4.08. The van der Waals surface area contributed by atoms with E-state index in [-0.39, 0.29) is 0 Å². The number of rotatable bonds is 7. The maximum atomic E-state index is 6.22. The minimum Gasteiger partial charge on any atom is -0.357 e. The van der Waals surface area contributed by atoms with Gasteiger partial charge in [0.05, 0.1) is 5.02 Å². The number of anilines is 1. The van der Waals surface area contributed by atoms with Crippen LogP contribution in [0.3, 0.4) is 0 Å². The van der Waals surface area contributed by atoms with E-state index in [0.29, 0.717) is 12.1 Å². The molecule has 3 nitrogen and oxygen atoms in total. The molecule has 0 aromatic carbocycles. The van der Waals surface area contributed by atoms with E-state index in [9.17, 15) is 0 Å². The normalized spacial score (nSPS) is 16.4. The average molecular weight is 282 g/mol. The van der Waals surface area contributed by atoms with Crippen LogP contribution >= 0.6 is 11.6 Å². The number of aromatic nitrogens is 1. The first-order valence-corrected chi connectivity index (χ1v) is 7.60. The van der Waals surface area contributed by atoms with Gasteiger partial charge in [-0.2, -0.15) is 0 Å². The van der Waals surface area contributed by atoms with Crippen molar-refractivity contribution in [1.82, 2.24) is 10.3 Å². The van der Waals surface area contributed by atoms with Crippen molar-refractivity contribution < 1.29 is 0 Å². The van der Waals surface area contributed by atoms with Gasteiger partial charge in [0.15, 0.2) is 0 Å². The number of hydrogen-bond acceptors (Lipinski definition) is 3. The molecule has 106 valence electrons. The Hall–Kier alpha value is -0.800. The molecule has 1 N–H and O–H groups in total. The van der Waals surface area contributed by atoms with Gasteiger partial charge in [0.1, 0.15) is 5.82 Å². The largest absolute Gasteiger partial charge is 0.357 e. The summed E-state index contributed by atoms with van der Waals surface area (Å²) in [6.45, 7) is 5.29. The van der Waals surface area contributed by atoms with E-state index >= 15 is 0 Å². The second kappa shape index (κ2) is 6.58. The zero-order valence-electron chi connectivity index (χ0n) is 12.1. The highest BCUT2D eigenvalue weighted by Crippen LogP contribution is 2.24. The van der Waals surface area contributed by atoms with E-state index < -0.39 is 0 Å². The van der Waals surface area contributed by atoms with Gasteiger partial charge < -0.3 is 10.2 Å². The monoisotopic (exact) mass is 281 g/mol. The van der Waals surface area contributed by atoms with Gasteiger partial charge in [-0.15, -0.1) is 0 Å². The molecule has 1 heterocycles. The summed E-state index contributed by atoms with van der Waals surface area (Å²) in [7, 11) is 2.11. The smallest absolute Gasteiger partial charge is 0.128 e. The molecule has 1 unspecified atom stereocenters. The van der Waals surface area contributed by atoms with Gasteiger partial charge in [0.2, 0.25) is 0 Å². The molecule has 0 bridgehead atoms. The fourth-order valence-corrected chi connectivity index (χ4v) is 2.35. The molecular weight excluding hydrogens is 258 g/mol. The number of nitrogens with one attached hydrogen (secondary N) is 1. The van der Waals surface area contributed by atoms with Crippen LogP contribution in [0.2, 0.25) is 5.02 Å². The number of hydrogen-bond donors (Lipinski definition) is 1. The Morgan fingerprint density at radius 2 is 2.26 bits per heavy atom. The highest BCUT2D eigenvalue weighted by Gasteiger charge is 2.20. The van der Waals surface area contributed by atoms with Gasteiger partial charge in [-0.3, -0.25) is 0 Å². The van der Waals surface area contributed by atoms with Crippen LogP contribution < -0.4 is 10.2 Å². The number of halogens is 1. The van der Waals surface area contributed by atoms with Crippen LogP contribution in [-0.4, -0.2) is 24.1 Å². The maximum absolute atomic E-state index is 6.22. The minimum atomic E-state index is 0.503. The summed E-state index contributed by atoms with van der Waals surface area (Å²) < 4.78 is 0. The van der Waals surface area contributed by atoms with E-state index in [1.165, 1.54) is 25.7 Å². The Labute approximate surface area is 121 Å². The topological polar surface area (TPSA) is 28.2 Å². The van der Waals surface area contributed by atoms with Crippen molar-refractivity contribution >= 4 is 17.4 Å². The Morgan fingerprint density at radius 3 is 2.89 bits per heavy atom. The molecular formula is C15H24ClN3. The predicted octanol–water partition coefficient (Wildman–Crippen LogP) is 3.61. The minimum absolute atomic E-state index is 0.503. The van der Waals surface area contributed by atoms with Gasteiger partial charge in [-0.25, -0.2) is 4.98 Å². The molecule has 1 saturated carbocycles. The summed E-state index contributed by atoms with van der Waals surface area (Å²) in [5.41, 5.74) is 1.15. The summed E-state index contributed by atoms with van der Waals surface area (Å²) in [4.78, 5) is 6.69. The highest BCUT2D eigenvalue weighted by atomic mass is 35.5. The molecule has 0 aliphatic heterocycles. The summed E-state index contributed by atoms with van der Waals surface area (Å²) in [5.74, 6) is 1.01. The van der Waals surface area contributed by atoms with Crippen LogP contribution in [-0.2, 0) is 6.54 Å². The van der Waals surface area contributed by atoms with Crippen molar-refractivity contribution in [2.45, 2.75) is 58.2 Å². The van der Waals surface area contributed by atoms with E-state index in [4.69, 9.17) is 11.6 Å². The molecule has 2 rings (SSSR count). The lowest BCUT2D eigenvalue weighted by Gasteiger charge is -2.26. The lowest BCUT2D eigenvalue weighted by Crippen LogP contribution is -2.29. The average Bonchev–Trinajstić information content (AvgIpc) is 3.21. The first-order chi connectivity index (χ1) is 9.11. The van der Waals surface area contributed by atoms with Gasteiger partial charge >= 0.3 is 0 Å². The van der Waals surface area contributed by atoms with E-state index in [1.807, 2.05) is 0 Å². The van der Waals surface area contributed by atoms with Crippen LogP contribution in [0.25, 0.3) is 0 Å². The molecule has 1 aromatic heterocycles. The maximum Gasteiger partial charge on any atom is 0.128 e. The number of pyridine rings is 1. The fourth-order valence-electron chi connectivity index (χ4n) is 2.18. The van der Waals surface area contributed by atoms with Crippen molar-refractivity contribution in [2.24, 2.45) is 0 Å². The quantitative estimate of drug-likeness (QED) is 0.827. The summed E-state index contributed by atoms with van der Waals surface area (Å²) in [5, 5.41) is 4.26. The molecule has 1 aliphatic carbocycles. The van der Waals surface area contributed by atoms with Crippen molar-refractivity contribution in [3.63, 3.8) is 0 Å². The van der Waals surface area contributed by atoms with Crippen LogP contribution in [0.4, 0.5) is 5.82 Å². The first-order valence-electron chi connectivity index (χ1n) is 7.22. The highest BCUT2D eigenvalue weighted by molar-refractivity contribution is 6.31. The molecule has 0 radical (unpaired) electrons. The van der Waals surface area contributed by atoms with Crippen LogP contribution in [0.5, 0.6) is 0 Å². The van der Waals surface area contributed by atoms with E-state index in [2.05, 4.69) is 42.2 Å². The molecule has 1 aliphatic rings. The lowest BCUT2D eigenvalue weighted by molar-refractivity contribution is 0.610. The van der Waals surface area contributed by atoms with Gasteiger partial charge in [-0.1, -0.05) is 24.9 Å². The Morgan fingerprint density at radius 1 is 1.53 bits per heavy atom. The van der Waals surface area contributed by atoms with E-state index in [0.717, 1.165) is 22.9 Å². The molecule has 0 saturated heterocycles. The lowest BCUT2D eigenvalue weighted by atomic mass is 10.1. The van der Waals surface area contributed by atoms with Gasteiger partial charge in [0, 0.05) is 31.9 Å². The molecule has 1 atom stereocenters. The Bertz CT molecular complexity index is 418. The molecule has 1 fully saturated rings. The van der Waals surface area contributed by atoms with Crippen LogP contribution in [0.1, 0.15) is 45.1 Å². The zero-order chi connectivity index (χ0) is 13.8. The van der Waals surface area contributed by atoms with Crippen molar-refractivity contribution in [1.29, 1.82) is 0 Å². The van der Waals surface area contributed by atoms with Crippen LogP contribution in [0.15, 0.2) is 12.3 Å². The summed E-state index contributed by atoms with van der Waals surface area (Å²) in [6.07, 6.45) is 6.73. The third-order valence-electron chi connectivity index (χ3n) is 3.81. The molecule has 4 heteroatoms. The molecule has 1 aromatic rings.